The van der Waals surface area contributed by atoms with Crippen LogP contribution in [0.2, 0.25) is 0 Å². The summed E-state index contributed by atoms with van der Waals surface area (Å²) < 4.78 is 0. The van der Waals surface area contributed by atoms with Gasteiger partial charge in [0.05, 0.1) is 5.60 Å². The van der Waals surface area contributed by atoms with E-state index in [-0.39, 0.29) is 5.60 Å². The van der Waals surface area contributed by atoms with Crippen LogP contribution in [0.5, 0.6) is 0 Å². The zero-order chi connectivity index (χ0) is 11.7. The van der Waals surface area contributed by atoms with Crippen molar-refractivity contribution in [1.82, 2.24) is 5.32 Å². The Morgan fingerprint density at radius 1 is 1.00 bits per heavy atom. The maximum Gasteiger partial charge on any atom is 0.0693 e. The molecule has 0 aromatic rings. The van der Waals surface area contributed by atoms with Crippen LogP contribution in [-0.4, -0.2) is 23.3 Å². The lowest BCUT2D eigenvalue weighted by Crippen LogP contribution is -2.45. The summed E-state index contributed by atoms with van der Waals surface area (Å²) in [5, 5.41) is 14.6. The highest BCUT2D eigenvalue weighted by Gasteiger charge is 2.48. The van der Waals surface area contributed by atoms with E-state index in [1.54, 1.807) is 0 Å². The summed E-state index contributed by atoms with van der Waals surface area (Å²) in [6.07, 6.45) is 12.7. The van der Waals surface area contributed by atoms with Gasteiger partial charge in [-0.1, -0.05) is 25.7 Å². The van der Waals surface area contributed by atoms with Crippen molar-refractivity contribution in [1.29, 1.82) is 0 Å². The third-order valence-electron chi connectivity index (χ3n) is 5.56. The molecule has 0 amide bonds. The number of aliphatic hydroxyl groups is 1. The highest BCUT2D eigenvalue weighted by atomic mass is 16.3. The number of piperidine rings is 1. The number of fused-ring (bicyclic) bond motifs is 1. The lowest BCUT2D eigenvalue weighted by atomic mass is 9.73. The van der Waals surface area contributed by atoms with E-state index in [1.807, 2.05) is 0 Å². The zero-order valence-electron chi connectivity index (χ0n) is 11.0. The average Bonchev–Trinajstić information content (AvgIpc) is 2.69. The SMILES string of the molecule is OC1(CC2CCCCN2)CCC2CCCCC21. The molecule has 2 heteroatoms. The van der Waals surface area contributed by atoms with Crippen LogP contribution in [0.1, 0.15) is 64.2 Å². The Morgan fingerprint density at radius 3 is 2.65 bits per heavy atom. The summed E-state index contributed by atoms with van der Waals surface area (Å²) in [7, 11) is 0. The van der Waals surface area contributed by atoms with Crippen LogP contribution in [0.15, 0.2) is 0 Å². The van der Waals surface area contributed by atoms with E-state index in [2.05, 4.69) is 5.32 Å². The van der Waals surface area contributed by atoms with E-state index < -0.39 is 0 Å². The first-order chi connectivity index (χ1) is 8.28. The molecule has 1 aliphatic heterocycles. The molecule has 3 aliphatic rings. The fourth-order valence-corrected chi connectivity index (χ4v) is 4.66. The minimum absolute atomic E-state index is 0.319. The minimum Gasteiger partial charge on any atom is -0.390 e. The molecule has 0 bridgehead atoms. The summed E-state index contributed by atoms with van der Waals surface area (Å²) in [6, 6.07) is 0.592. The molecule has 4 atom stereocenters. The lowest BCUT2D eigenvalue weighted by molar-refractivity contribution is -0.0354. The van der Waals surface area contributed by atoms with Gasteiger partial charge in [0.1, 0.15) is 0 Å². The second kappa shape index (κ2) is 4.89. The van der Waals surface area contributed by atoms with Crippen LogP contribution in [0.25, 0.3) is 0 Å². The predicted molar refractivity (Wildman–Crippen MR) is 69.9 cm³/mol. The topological polar surface area (TPSA) is 32.3 Å². The molecule has 0 aromatic heterocycles. The molecule has 17 heavy (non-hydrogen) atoms. The summed E-state index contributed by atoms with van der Waals surface area (Å²) >= 11 is 0. The normalized spacial score (nSPS) is 46.8. The van der Waals surface area contributed by atoms with Crippen molar-refractivity contribution in [3.05, 3.63) is 0 Å². The molecule has 2 nitrogen and oxygen atoms in total. The summed E-state index contributed by atoms with van der Waals surface area (Å²) in [5.41, 5.74) is -0.319. The largest absolute Gasteiger partial charge is 0.390 e. The summed E-state index contributed by atoms with van der Waals surface area (Å²) in [6.45, 7) is 1.16. The number of rotatable bonds is 2. The van der Waals surface area contributed by atoms with Crippen LogP contribution < -0.4 is 5.32 Å². The van der Waals surface area contributed by atoms with E-state index in [1.165, 1.54) is 51.4 Å². The van der Waals surface area contributed by atoms with E-state index in [4.69, 9.17) is 0 Å². The van der Waals surface area contributed by atoms with Crippen molar-refractivity contribution < 1.29 is 5.11 Å². The molecule has 0 aromatic carbocycles. The second-order valence-electron chi connectivity index (χ2n) is 6.64. The van der Waals surface area contributed by atoms with Gasteiger partial charge in [0.2, 0.25) is 0 Å². The van der Waals surface area contributed by atoms with Gasteiger partial charge >= 0.3 is 0 Å². The number of hydrogen-bond donors (Lipinski definition) is 2. The standard InChI is InChI=1S/C15H27NO/c17-15(11-13-6-3-4-10-16-13)9-8-12-5-1-2-7-14(12)15/h12-14,16-17H,1-11H2. The molecule has 2 saturated carbocycles. The smallest absolute Gasteiger partial charge is 0.0693 e. The zero-order valence-corrected chi connectivity index (χ0v) is 11.0. The van der Waals surface area contributed by atoms with Gasteiger partial charge < -0.3 is 10.4 Å². The van der Waals surface area contributed by atoms with E-state index in [0.29, 0.717) is 12.0 Å². The van der Waals surface area contributed by atoms with Gasteiger partial charge in [-0.05, 0) is 56.9 Å². The number of hydrogen-bond acceptors (Lipinski definition) is 2. The third-order valence-corrected chi connectivity index (χ3v) is 5.56. The Kier molecular flexibility index (Phi) is 3.45. The van der Waals surface area contributed by atoms with Crippen LogP contribution in [0.3, 0.4) is 0 Å². The predicted octanol–water partition coefficient (Wildman–Crippen LogP) is 2.85. The number of nitrogens with one attached hydrogen (secondary N) is 1. The van der Waals surface area contributed by atoms with Crippen molar-refractivity contribution in [2.45, 2.75) is 75.9 Å². The molecule has 1 saturated heterocycles. The molecule has 0 spiro atoms. The molecular formula is C15H27NO. The Bertz CT molecular complexity index is 262. The van der Waals surface area contributed by atoms with Gasteiger partial charge in [-0.2, -0.15) is 0 Å². The molecule has 4 unspecified atom stereocenters. The van der Waals surface area contributed by atoms with Crippen LogP contribution in [0.4, 0.5) is 0 Å². The third kappa shape index (κ3) is 2.39. The Labute approximate surface area is 105 Å². The van der Waals surface area contributed by atoms with Crippen molar-refractivity contribution in [3.63, 3.8) is 0 Å². The van der Waals surface area contributed by atoms with Crippen molar-refractivity contribution >= 4 is 0 Å². The Morgan fingerprint density at radius 2 is 1.82 bits per heavy atom. The first-order valence-corrected chi connectivity index (χ1v) is 7.74. The molecule has 1 heterocycles. The van der Waals surface area contributed by atoms with Gasteiger partial charge in [-0.15, -0.1) is 0 Å². The maximum atomic E-state index is 11.0. The molecule has 2 N–H and O–H groups in total. The molecular weight excluding hydrogens is 210 g/mol. The van der Waals surface area contributed by atoms with Crippen molar-refractivity contribution in [2.75, 3.05) is 6.54 Å². The molecule has 2 aliphatic carbocycles. The van der Waals surface area contributed by atoms with E-state index in [0.717, 1.165) is 25.3 Å². The van der Waals surface area contributed by atoms with Gasteiger partial charge in [-0.3, -0.25) is 0 Å². The van der Waals surface area contributed by atoms with Gasteiger partial charge in [0, 0.05) is 6.04 Å². The molecule has 0 radical (unpaired) electrons. The Balaban J connectivity index is 1.63. The Hall–Kier alpha value is -0.0800. The van der Waals surface area contributed by atoms with Crippen LogP contribution >= 0.6 is 0 Å². The van der Waals surface area contributed by atoms with Gasteiger partial charge in [-0.25, -0.2) is 0 Å². The van der Waals surface area contributed by atoms with Gasteiger partial charge in [0.15, 0.2) is 0 Å². The quantitative estimate of drug-likeness (QED) is 0.774. The first-order valence-electron chi connectivity index (χ1n) is 7.74. The molecule has 98 valence electrons. The van der Waals surface area contributed by atoms with Crippen molar-refractivity contribution in [3.8, 4) is 0 Å². The highest BCUT2D eigenvalue weighted by Crippen LogP contribution is 2.50. The summed E-state index contributed by atoms with van der Waals surface area (Å²) in [4.78, 5) is 0. The van der Waals surface area contributed by atoms with Crippen molar-refractivity contribution in [2.24, 2.45) is 11.8 Å². The molecule has 3 rings (SSSR count). The fraction of sp³-hybridized carbons (Fsp3) is 1.00. The first kappa shape index (κ1) is 12.0. The molecule has 3 fully saturated rings. The maximum absolute atomic E-state index is 11.0. The van der Waals surface area contributed by atoms with E-state index >= 15 is 0 Å². The van der Waals surface area contributed by atoms with E-state index in [9.17, 15) is 5.11 Å². The van der Waals surface area contributed by atoms with Gasteiger partial charge in [0.25, 0.3) is 0 Å². The monoisotopic (exact) mass is 237 g/mol. The minimum atomic E-state index is -0.319. The fourth-order valence-electron chi connectivity index (χ4n) is 4.66. The highest BCUT2D eigenvalue weighted by molar-refractivity contribution is 5.00. The second-order valence-corrected chi connectivity index (χ2v) is 6.64. The lowest BCUT2D eigenvalue weighted by Gasteiger charge is -2.39. The summed E-state index contributed by atoms with van der Waals surface area (Å²) in [5.74, 6) is 1.47. The van der Waals surface area contributed by atoms with Crippen LogP contribution in [-0.2, 0) is 0 Å². The van der Waals surface area contributed by atoms with Crippen LogP contribution in [0, 0.1) is 11.8 Å². The average molecular weight is 237 g/mol.